The molecule has 3 aromatic carbocycles. The van der Waals surface area contributed by atoms with Crippen LogP contribution in [0.4, 0.5) is 4.79 Å². The molecule has 0 saturated carbocycles. The predicted octanol–water partition coefficient (Wildman–Crippen LogP) is 21.2. The third kappa shape index (κ3) is 68.8. The van der Waals surface area contributed by atoms with E-state index in [2.05, 4.69) is 224 Å². The van der Waals surface area contributed by atoms with Gasteiger partial charge in [0.2, 0.25) is 17.7 Å². The van der Waals surface area contributed by atoms with Crippen LogP contribution in [0, 0.1) is 53.3 Å². The SMILES string of the molecule is CC(=O)NCSCC(C)C.CC(C)CC(=O)OC(C)(C)C.CC(C)CNC(=O)OC(C)(C)C.CCC(=O)CC(C)C.CCC(=O)NCC(C)C.CCC(OC(c1ccccc1)(c1ccccc1)c1ccccc1)C(C)C.CCN(C)C(=O)CC(C)C.CCOC(C)C(C)C.CSCC(C)C. The maximum atomic E-state index is 11.1. The molecule has 0 bridgehead atoms. The fourth-order valence-electron chi connectivity index (χ4n) is 7.92. The van der Waals surface area contributed by atoms with Crippen molar-refractivity contribution in [1.82, 2.24) is 20.9 Å². The second kappa shape index (κ2) is 63.8. The van der Waals surface area contributed by atoms with E-state index in [1.165, 1.54) is 12.7 Å². The molecule has 582 valence electrons. The van der Waals surface area contributed by atoms with Crippen molar-refractivity contribution in [2.45, 2.75) is 282 Å². The molecule has 0 spiro atoms. The van der Waals surface area contributed by atoms with Crippen molar-refractivity contribution >= 4 is 59.1 Å². The van der Waals surface area contributed by atoms with Gasteiger partial charge in [0.15, 0.2) is 0 Å². The maximum Gasteiger partial charge on any atom is 0.407 e. The van der Waals surface area contributed by atoms with Gasteiger partial charge in [-0.05, 0) is 156 Å². The van der Waals surface area contributed by atoms with E-state index in [4.69, 9.17) is 18.9 Å². The van der Waals surface area contributed by atoms with Crippen LogP contribution in [0.1, 0.15) is 270 Å². The molecular weight excluding hydrogens is 1290 g/mol. The monoisotopic (exact) mass is 1440 g/mol. The van der Waals surface area contributed by atoms with Gasteiger partial charge in [-0.15, -0.1) is 11.8 Å². The minimum absolute atomic E-state index is 0.0521. The molecule has 0 aliphatic heterocycles. The van der Waals surface area contributed by atoms with Crippen molar-refractivity contribution in [1.29, 1.82) is 0 Å². The minimum atomic E-state index is -0.616. The van der Waals surface area contributed by atoms with Gasteiger partial charge in [-0.2, -0.15) is 11.8 Å². The summed E-state index contributed by atoms with van der Waals surface area (Å²) in [6.45, 7) is 66.0. The topological polar surface area (TPSA) is 179 Å². The predicted molar refractivity (Wildman–Crippen MR) is 434 cm³/mol. The number of benzene rings is 3. The Bertz CT molecular complexity index is 2330. The number of alkyl carbamates (subject to hydrolysis) is 1. The number of hydrogen-bond donors (Lipinski definition) is 3. The first-order valence-corrected chi connectivity index (χ1v) is 39.8. The van der Waals surface area contributed by atoms with E-state index in [1.54, 1.807) is 16.7 Å². The smallest absolute Gasteiger partial charge is 0.407 e. The number of thioether (sulfide) groups is 2. The first-order valence-electron chi connectivity index (χ1n) is 37.3. The Kier molecular flexibility index (Phi) is 67.6. The summed E-state index contributed by atoms with van der Waals surface area (Å²) in [7, 11) is 1.84. The van der Waals surface area contributed by atoms with Crippen molar-refractivity contribution in [3.05, 3.63) is 108 Å². The van der Waals surface area contributed by atoms with E-state index in [9.17, 15) is 28.8 Å². The number of nitrogens with one attached hydrogen (secondary N) is 3. The van der Waals surface area contributed by atoms with E-state index in [0.29, 0.717) is 91.5 Å². The highest BCUT2D eigenvalue weighted by molar-refractivity contribution is 7.99. The summed E-state index contributed by atoms with van der Waals surface area (Å²) in [5.41, 5.74) is 2.13. The Hall–Kier alpha value is -4.90. The Balaban J connectivity index is -0.000000261. The van der Waals surface area contributed by atoms with E-state index < -0.39 is 11.2 Å². The van der Waals surface area contributed by atoms with Gasteiger partial charge in [-0.1, -0.05) is 236 Å². The second-order valence-corrected chi connectivity index (χ2v) is 32.4. The Morgan fingerprint density at radius 2 is 0.900 bits per heavy atom. The summed E-state index contributed by atoms with van der Waals surface area (Å²) < 4.78 is 22.5. The number of esters is 1. The van der Waals surface area contributed by atoms with Crippen LogP contribution in [0.25, 0.3) is 0 Å². The molecular formula is C84H154N4O10S2. The summed E-state index contributed by atoms with van der Waals surface area (Å²) >= 11 is 3.67. The lowest BCUT2D eigenvalue weighted by atomic mass is 9.79. The fourth-order valence-corrected chi connectivity index (χ4v) is 9.48. The lowest BCUT2D eigenvalue weighted by molar-refractivity contribution is -0.155. The molecule has 0 saturated heterocycles. The van der Waals surface area contributed by atoms with Crippen LogP contribution in [0.2, 0.25) is 0 Å². The van der Waals surface area contributed by atoms with Gasteiger partial charge >= 0.3 is 12.1 Å². The minimum Gasteiger partial charge on any atom is -0.460 e. The molecule has 14 nitrogen and oxygen atoms in total. The van der Waals surface area contributed by atoms with Gasteiger partial charge in [-0.25, -0.2) is 4.79 Å². The van der Waals surface area contributed by atoms with Crippen LogP contribution in [0.15, 0.2) is 91.0 Å². The van der Waals surface area contributed by atoms with Crippen molar-refractivity contribution < 1.29 is 47.7 Å². The number of carbonyl (C=O) groups is 6. The van der Waals surface area contributed by atoms with Gasteiger partial charge in [0.25, 0.3) is 0 Å². The van der Waals surface area contributed by atoms with Crippen LogP contribution >= 0.6 is 23.5 Å². The first kappa shape index (κ1) is 106. The lowest BCUT2D eigenvalue weighted by Gasteiger charge is -2.40. The molecule has 3 aromatic rings. The third-order valence-electron chi connectivity index (χ3n) is 13.3. The maximum absolute atomic E-state index is 11.1. The largest absolute Gasteiger partial charge is 0.460 e. The molecule has 2 atom stereocenters. The first-order chi connectivity index (χ1) is 46.3. The van der Waals surface area contributed by atoms with Crippen LogP contribution in [0.5, 0.6) is 0 Å². The van der Waals surface area contributed by atoms with E-state index >= 15 is 0 Å². The zero-order chi connectivity index (χ0) is 78.8. The van der Waals surface area contributed by atoms with Crippen LogP contribution in [0.3, 0.4) is 0 Å². The van der Waals surface area contributed by atoms with Gasteiger partial charge in [0.1, 0.15) is 22.6 Å². The highest BCUT2D eigenvalue weighted by Crippen LogP contribution is 2.42. The number of nitrogens with zero attached hydrogens (tertiary/aromatic N) is 1. The van der Waals surface area contributed by atoms with E-state index in [0.717, 1.165) is 66.8 Å². The second-order valence-electron chi connectivity index (χ2n) is 30.5. The summed E-state index contributed by atoms with van der Waals surface area (Å²) in [5, 5.41) is 8.20. The Morgan fingerprint density at radius 1 is 0.490 bits per heavy atom. The number of hydrogen-bond acceptors (Lipinski definition) is 12. The third-order valence-corrected chi connectivity index (χ3v) is 15.6. The van der Waals surface area contributed by atoms with Crippen molar-refractivity contribution in [2.24, 2.45) is 53.3 Å². The van der Waals surface area contributed by atoms with Crippen molar-refractivity contribution in [2.75, 3.05) is 56.9 Å². The zero-order valence-electron chi connectivity index (χ0n) is 70.0. The van der Waals surface area contributed by atoms with Gasteiger partial charge < -0.3 is 39.8 Å². The molecule has 0 aromatic heterocycles. The molecule has 2 unspecified atom stereocenters. The number of amides is 4. The van der Waals surface area contributed by atoms with Crippen molar-refractivity contribution in [3.63, 3.8) is 0 Å². The summed E-state index contributed by atoms with van der Waals surface area (Å²) in [5.74, 6) is 8.91. The summed E-state index contributed by atoms with van der Waals surface area (Å²) in [6.07, 6.45) is 6.57. The summed E-state index contributed by atoms with van der Waals surface area (Å²) in [4.78, 5) is 66.5. The number of ether oxygens (including phenoxy) is 4. The quantitative estimate of drug-likeness (QED) is 0.0260. The molecule has 16 heteroatoms. The number of ketones is 1. The average molecular weight is 1440 g/mol. The van der Waals surface area contributed by atoms with Gasteiger partial charge in [0.05, 0.1) is 18.1 Å². The molecule has 3 rings (SSSR count). The molecule has 0 aliphatic carbocycles. The number of carbonyl (C=O) groups excluding carboxylic acids is 6. The number of rotatable bonds is 29. The van der Waals surface area contributed by atoms with E-state index in [1.807, 2.05) is 116 Å². The fraction of sp³-hybridized carbons (Fsp3) is 0.714. The lowest BCUT2D eigenvalue weighted by Crippen LogP contribution is -2.38. The Labute approximate surface area is 624 Å². The van der Waals surface area contributed by atoms with Crippen molar-refractivity contribution in [3.8, 4) is 0 Å². The zero-order valence-corrected chi connectivity index (χ0v) is 71.7. The summed E-state index contributed by atoms with van der Waals surface area (Å²) in [6, 6.07) is 31.8. The normalized spacial score (nSPS) is 11.5. The molecule has 3 N–H and O–H groups in total. The Morgan fingerprint density at radius 3 is 1.16 bits per heavy atom. The van der Waals surface area contributed by atoms with Gasteiger partial charge in [-0.3, -0.25) is 24.0 Å². The molecule has 0 aliphatic rings. The molecule has 0 radical (unpaired) electrons. The standard InChI is InChI=1S/C25H28O.C9H19NO2.C9H18O2.C8H17NO.C7H15NOS.C7H15NO.C7H16O.C7H14O.C5H12S/c1-4-24(20(2)3)26-25(21-14-8-5-9-15-21,22-16-10-6-11-17-22)23-18-12-7-13-19-23;1-7(2)6-10-8(11)12-9(3,4)5;1-7(2)6-8(10)11-9(3,4)5;1-5-9(4)8(10)6-7(2)3;1-6(2)4-10-5-8-7(3)9;1-4-7(9)8-5-6(2)3;1-5-8-7(4)6(2)3;1-4-7(8)5-6(2)3;1-5(2)4-6-3/h5-20,24H,4H2,1-3H3;7H,6H2,1-5H3,(H,10,11);7H,6H2,1-5H3;7H,5-6H2,1-4H3;6H,4-5H2,1-3H3,(H,8,9);6H,4-5H2,1-3H3,(H,8,9);6-7H,5H2,1-4H3;6H,4-5H2,1-3H3;5H,4H2,1-3H3. The highest BCUT2D eigenvalue weighted by atomic mass is 32.2. The highest BCUT2D eigenvalue weighted by Gasteiger charge is 2.40. The van der Waals surface area contributed by atoms with Crippen LogP contribution in [-0.2, 0) is 48.5 Å². The number of Topliss-reactive ketones (excluding diaryl/α,β-unsaturated/α-hetero) is 1. The van der Waals surface area contributed by atoms with Crippen LogP contribution < -0.4 is 16.0 Å². The molecule has 4 amide bonds. The van der Waals surface area contributed by atoms with Gasteiger partial charge in [0, 0.05) is 72.3 Å². The molecule has 100 heavy (non-hydrogen) atoms. The molecule has 0 heterocycles. The van der Waals surface area contributed by atoms with E-state index in [-0.39, 0.29) is 41.5 Å². The average Bonchev–Trinajstić information content (AvgIpc) is 0.755. The van der Waals surface area contributed by atoms with Crippen LogP contribution in [-0.4, -0.2) is 121 Å². The molecule has 0 fully saturated rings.